The normalized spacial score (nSPS) is 13.1. The zero-order valence-electron chi connectivity index (χ0n) is 11.9. The molecule has 4 nitrogen and oxygen atoms in total. The molecule has 7 heteroatoms. The lowest BCUT2D eigenvalue weighted by molar-refractivity contribution is 0.333. The maximum atomic E-state index is 11.2. The molecule has 0 aliphatic carbocycles. The SMILES string of the molecule is CB1OCc2ccc(N(Cc3ccc(Cl)cc3Cl)N=O)cc21. The van der Waals surface area contributed by atoms with Gasteiger partial charge in [-0.25, -0.2) is 5.01 Å². The second-order valence-electron chi connectivity index (χ2n) is 5.21. The van der Waals surface area contributed by atoms with Crippen LogP contribution in [0, 0.1) is 4.91 Å². The van der Waals surface area contributed by atoms with Gasteiger partial charge in [0.05, 0.1) is 24.1 Å². The van der Waals surface area contributed by atoms with Crippen molar-refractivity contribution >= 4 is 41.3 Å². The highest BCUT2D eigenvalue weighted by Crippen LogP contribution is 2.25. The first-order chi connectivity index (χ1) is 10.6. The highest BCUT2D eigenvalue weighted by molar-refractivity contribution is 6.67. The Hall–Kier alpha value is -1.56. The van der Waals surface area contributed by atoms with E-state index in [1.165, 1.54) is 5.01 Å². The van der Waals surface area contributed by atoms with Gasteiger partial charge in [0.25, 0.3) is 0 Å². The summed E-state index contributed by atoms with van der Waals surface area (Å²) in [6, 6.07) is 11.0. The van der Waals surface area contributed by atoms with E-state index in [4.69, 9.17) is 27.9 Å². The number of rotatable bonds is 4. The summed E-state index contributed by atoms with van der Waals surface area (Å²) in [7, 11) is 0. The van der Waals surface area contributed by atoms with Crippen molar-refractivity contribution in [3.63, 3.8) is 0 Å². The largest absolute Gasteiger partial charge is 0.427 e. The molecule has 2 aromatic carbocycles. The zero-order valence-corrected chi connectivity index (χ0v) is 13.4. The Morgan fingerprint density at radius 3 is 2.82 bits per heavy atom. The van der Waals surface area contributed by atoms with E-state index in [-0.39, 0.29) is 13.5 Å². The maximum absolute atomic E-state index is 11.2. The monoisotopic (exact) mass is 334 g/mol. The molecule has 0 radical (unpaired) electrons. The predicted octanol–water partition coefficient (Wildman–Crippen LogP) is 4.04. The summed E-state index contributed by atoms with van der Waals surface area (Å²) in [6.07, 6.45) is 0. The third-order valence-corrected chi connectivity index (χ3v) is 4.38. The van der Waals surface area contributed by atoms with Gasteiger partial charge >= 0.3 is 6.92 Å². The Labute approximate surface area is 139 Å². The lowest BCUT2D eigenvalue weighted by atomic mass is 9.64. The van der Waals surface area contributed by atoms with Crippen LogP contribution in [0.15, 0.2) is 41.7 Å². The molecule has 22 heavy (non-hydrogen) atoms. The van der Waals surface area contributed by atoms with Crippen molar-refractivity contribution in [3.8, 4) is 0 Å². The van der Waals surface area contributed by atoms with E-state index in [1.54, 1.807) is 18.2 Å². The second kappa shape index (κ2) is 6.28. The van der Waals surface area contributed by atoms with Crippen LogP contribution in [0.25, 0.3) is 0 Å². The van der Waals surface area contributed by atoms with Gasteiger partial charge in [-0.2, -0.15) is 0 Å². The minimum Gasteiger partial charge on any atom is -0.427 e. The highest BCUT2D eigenvalue weighted by Gasteiger charge is 2.24. The van der Waals surface area contributed by atoms with Gasteiger partial charge in [0.2, 0.25) is 0 Å². The van der Waals surface area contributed by atoms with Crippen LogP contribution in [0.5, 0.6) is 0 Å². The zero-order chi connectivity index (χ0) is 15.7. The molecule has 0 atom stereocenters. The molecule has 3 rings (SSSR count). The molecule has 0 N–H and O–H groups in total. The molecule has 0 unspecified atom stereocenters. The summed E-state index contributed by atoms with van der Waals surface area (Å²) in [4.78, 5) is 11.2. The molecule has 0 saturated heterocycles. The van der Waals surface area contributed by atoms with E-state index in [0.29, 0.717) is 16.7 Å². The third-order valence-electron chi connectivity index (χ3n) is 3.79. The van der Waals surface area contributed by atoms with E-state index >= 15 is 0 Å². The molecule has 0 aromatic heterocycles. The van der Waals surface area contributed by atoms with Gasteiger partial charge in [-0.05, 0) is 40.9 Å². The standard InChI is InChI=1S/C15H13BCl2N2O2/c1-16-14-7-13(5-3-11(14)9-22-16)20(19-21)8-10-2-4-12(17)6-15(10)18/h2-7H,8-9H2,1H3. The summed E-state index contributed by atoms with van der Waals surface area (Å²) >= 11 is 12.0. The topological polar surface area (TPSA) is 41.9 Å². The van der Waals surface area contributed by atoms with Crippen LogP contribution in [0.3, 0.4) is 0 Å². The fourth-order valence-electron chi connectivity index (χ4n) is 2.54. The van der Waals surface area contributed by atoms with Gasteiger partial charge in [-0.15, -0.1) is 4.91 Å². The van der Waals surface area contributed by atoms with E-state index < -0.39 is 0 Å². The molecule has 1 heterocycles. The highest BCUT2D eigenvalue weighted by atomic mass is 35.5. The van der Waals surface area contributed by atoms with E-state index in [0.717, 1.165) is 22.3 Å². The minimum atomic E-state index is 0.0302. The first kappa shape index (κ1) is 15.3. The van der Waals surface area contributed by atoms with Crippen molar-refractivity contribution in [2.24, 2.45) is 5.29 Å². The molecule has 0 fully saturated rings. The number of benzene rings is 2. The molecular weight excluding hydrogens is 322 g/mol. The van der Waals surface area contributed by atoms with Crippen molar-refractivity contribution in [2.75, 3.05) is 5.01 Å². The number of hydrogen-bond acceptors (Lipinski definition) is 3. The van der Waals surface area contributed by atoms with Crippen LogP contribution >= 0.6 is 23.2 Å². The molecule has 1 aliphatic rings. The Bertz CT molecular complexity index is 727. The summed E-state index contributed by atoms with van der Waals surface area (Å²) < 4.78 is 5.58. The van der Waals surface area contributed by atoms with Gasteiger partial charge in [-0.1, -0.05) is 42.2 Å². The maximum Gasteiger partial charge on any atom is 0.324 e. The van der Waals surface area contributed by atoms with E-state index in [2.05, 4.69) is 5.29 Å². The fourth-order valence-corrected chi connectivity index (χ4v) is 3.00. The van der Waals surface area contributed by atoms with Gasteiger partial charge in [-0.3, -0.25) is 0 Å². The molecular formula is C15H13BCl2N2O2. The van der Waals surface area contributed by atoms with Crippen LogP contribution in [0.4, 0.5) is 5.69 Å². The molecule has 0 amide bonds. The second-order valence-corrected chi connectivity index (χ2v) is 6.06. The Balaban J connectivity index is 1.88. The van der Waals surface area contributed by atoms with Crippen molar-refractivity contribution in [3.05, 3.63) is 62.5 Å². The van der Waals surface area contributed by atoms with Crippen LogP contribution in [-0.4, -0.2) is 6.92 Å². The predicted molar refractivity (Wildman–Crippen MR) is 90.9 cm³/mol. The van der Waals surface area contributed by atoms with Gasteiger partial charge in [0.1, 0.15) is 0 Å². The van der Waals surface area contributed by atoms with Gasteiger partial charge in [0.15, 0.2) is 0 Å². The molecule has 1 aliphatic heterocycles. The lowest BCUT2D eigenvalue weighted by Gasteiger charge is -2.17. The molecule has 0 bridgehead atoms. The van der Waals surface area contributed by atoms with Gasteiger partial charge in [0, 0.05) is 10.0 Å². The van der Waals surface area contributed by atoms with Crippen LogP contribution < -0.4 is 10.5 Å². The van der Waals surface area contributed by atoms with Crippen LogP contribution in [-0.2, 0) is 17.8 Å². The van der Waals surface area contributed by atoms with Crippen molar-refractivity contribution in [1.82, 2.24) is 0 Å². The van der Waals surface area contributed by atoms with Crippen molar-refractivity contribution in [2.45, 2.75) is 20.0 Å². The Morgan fingerprint density at radius 2 is 2.09 bits per heavy atom. The molecule has 0 spiro atoms. The number of nitrogens with zero attached hydrogens (tertiary/aromatic N) is 2. The fraction of sp³-hybridized carbons (Fsp3) is 0.200. The Morgan fingerprint density at radius 1 is 1.27 bits per heavy atom. The molecule has 112 valence electrons. The minimum absolute atomic E-state index is 0.0302. The molecule has 0 saturated carbocycles. The lowest BCUT2D eigenvalue weighted by Crippen LogP contribution is -2.26. The summed E-state index contributed by atoms with van der Waals surface area (Å²) in [5, 5.41) is 5.57. The number of hydrogen-bond donors (Lipinski definition) is 0. The summed E-state index contributed by atoms with van der Waals surface area (Å²) in [5.41, 5.74) is 3.74. The number of halogens is 2. The number of anilines is 1. The third kappa shape index (κ3) is 2.97. The van der Waals surface area contributed by atoms with E-state index in [9.17, 15) is 4.91 Å². The van der Waals surface area contributed by atoms with Crippen molar-refractivity contribution in [1.29, 1.82) is 0 Å². The smallest absolute Gasteiger partial charge is 0.324 e. The van der Waals surface area contributed by atoms with Crippen molar-refractivity contribution < 1.29 is 4.65 Å². The first-order valence-corrected chi connectivity index (χ1v) is 7.63. The van der Waals surface area contributed by atoms with Gasteiger partial charge < -0.3 is 4.65 Å². The summed E-state index contributed by atoms with van der Waals surface area (Å²) in [5.74, 6) is 0. The first-order valence-electron chi connectivity index (χ1n) is 6.87. The van der Waals surface area contributed by atoms with Crippen LogP contribution in [0.1, 0.15) is 11.1 Å². The average molecular weight is 335 g/mol. The number of fused-ring (bicyclic) bond motifs is 1. The quantitative estimate of drug-likeness (QED) is 0.481. The number of nitroso groups, excluding NO2 is 1. The summed E-state index contributed by atoms with van der Waals surface area (Å²) in [6.45, 7) is 2.91. The Kier molecular flexibility index (Phi) is 4.38. The average Bonchev–Trinajstić information content (AvgIpc) is 2.87. The molecule has 2 aromatic rings. The van der Waals surface area contributed by atoms with Crippen LogP contribution in [0.2, 0.25) is 16.9 Å². The van der Waals surface area contributed by atoms with E-state index in [1.807, 2.05) is 25.0 Å².